The van der Waals surface area contributed by atoms with Gasteiger partial charge in [0.25, 0.3) is 0 Å². The number of aryl methyl sites for hydroxylation is 1. The van der Waals surface area contributed by atoms with E-state index in [2.05, 4.69) is 38.1 Å². The molecule has 4 nitrogen and oxygen atoms in total. The normalized spacial score (nSPS) is 10.5. The first-order valence-corrected chi connectivity index (χ1v) is 6.33. The summed E-state index contributed by atoms with van der Waals surface area (Å²) in [4.78, 5) is 8.93. The molecule has 2 rings (SSSR count). The minimum atomic E-state index is 0.617. The molecule has 17 heavy (non-hydrogen) atoms. The van der Waals surface area contributed by atoms with Crippen LogP contribution >= 0.6 is 15.9 Å². The Hall–Kier alpha value is -1.36. The van der Waals surface area contributed by atoms with Crippen molar-refractivity contribution < 1.29 is 4.42 Å². The minimum absolute atomic E-state index is 0.617. The molecule has 0 atom stereocenters. The highest BCUT2D eigenvalue weighted by Crippen LogP contribution is 2.27. The van der Waals surface area contributed by atoms with E-state index in [1.165, 1.54) is 0 Å². The highest BCUT2D eigenvalue weighted by atomic mass is 79.9. The van der Waals surface area contributed by atoms with Gasteiger partial charge in [0.05, 0.1) is 16.4 Å². The van der Waals surface area contributed by atoms with Crippen molar-refractivity contribution in [2.45, 2.75) is 19.8 Å². The third-order valence-corrected chi connectivity index (χ3v) is 3.22. The Morgan fingerprint density at radius 2 is 2.24 bits per heavy atom. The molecule has 0 aliphatic heterocycles. The van der Waals surface area contributed by atoms with E-state index >= 15 is 0 Å². The summed E-state index contributed by atoms with van der Waals surface area (Å²) in [6.45, 7) is 2.13. The summed E-state index contributed by atoms with van der Waals surface area (Å²) >= 11 is 3.52. The number of hydrogen-bond acceptors (Lipinski definition) is 4. The largest absolute Gasteiger partial charge is 0.461 e. The minimum Gasteiger partial charge on any atom is -0.461 e. The molecule has 2 heterocycles. The number of nitrogens with one attached hydrogen (secondary N) is 1. The van der Waals surface area contributed by atoms with Gasteiger partial charge in [-0.3, -0.25) is 0 Å². The zero-order valence-electron chi connectivity index (χ0n) is 9.83. The zero-order valence-corrected chi connectivity index (χ0v) is 11.4. The van der Waals surface area contributed by atoms with Gasteiger partial charge in [0.2, 0.25) is 0 Å². The van der Waals surface area contributed by atoms with Gasteiger partial charge in [-0.2, -0.15) is 0 Å². The molecule has 5 heteroatoms. The van der Waals surface area contributed by atoms with Crippen LogP contribution in [0.4, 0.5) is 5.82 Å². The first-order chi connectivity index (χ1) is 8.26. The Labute approximate surface area is 109 Å². The van der Waals surface area contributed by atoms with E-state index in [-0.39, 0.29) is 0 Å². The van der Waals surface area contributed by atoms with Crippen LogP contribution in [0.15, 0.2) is 27.3 Å². The number of furan rings is 1. The average molecular weight is 296 g/mol. The van der Waals surface area contributed by atoms with Crippen LogP contribution in [-0.4, -0.2) is 17.0 Å². The summed E-state index contributed by atoms with van der Waals surface area (Å²) in [7, 11) is 1.84. The van der Waals surface area contributed by atoms with Crippen LogP contribution in [0, 0.1) is 0 Å². The van der Waals surface area contributed by atoms with E-state index in [9.17, 15) is 0 Å². The Balaban J connectivity index is 2.50. The summed E-state index contributed by atoms with van der Waals surface area (Å²) in [6, 6.07) is 3.69. The van der Waals surface area contributed by atoms with Crippen molar-refractivity contribution in [2.75, 3.05) is 12.4 Å². The molecule has 1 N–H and O–H groups in total. The van der Waals surface area contributed by atoms with Crippen molar-refractivity contribution in [1.82, 2.24) is 9.97 Å². The first-order valence-electron chi connectivity index (χ1n) is 5.54. The lowest BCUT2D eigenvalue weighted by Crippen LogP contribution is -2.03. The lowest BCUT2D eigenvalue weighted by Gasteiger charge is -2.09. The predicted octanol–water partition coefficient (Wildman–Crippen LogP) is 3.49. The van der Waals surface area contributed by atoms with Crippen LogP contribution in [0.5, 0.6) is 0 Å². The predicted molar refractivity (Wildman–Crippen MR) is 71.0 cm³/mol. The molecule has 0 saturated heterocycles. The van der Waals surface area contributed by atoms with E-state index in [0.717, 1.165) is 28.8 Å². The van der Waals surface area contributed by atoms with E-state index in [4.69, 9.17) is 4.42 Å². The molecule has 0 aromatic carbocycles. The van der Waals surface area contributed by atoms with Crippen molar-refractivity contribution in [3.05, 3.63) is 28.6 Å². The average Bonchev–Trinajstić information content (AvgIpc) is 2.85. The number of aromatic nitrogens is 2. The van der Waals surface area contributed by atoms with Gasteiger partial charge in [-0.15, -0.1) is 0 Å². The molecule has 0 amide bonds. The second-order valence-electron chi connectivity index (χ2n) is 3.63. The van der Waals surface area contributed by atoms with Crippen molar-refractivity contribution in [3.63, 3.8) is 0 Å². The highest BCUT2D eigenvalue weighted by molar-refractivity contribution is 9.10. The van der Waals surface area contributed by atoms with Gasteiger partial charge in [0.15, 0.2) is 11.6 Å². The highest BCUT2D eigenvalue weighted by Gasteiger charge is 2.13. The number of hydrogen-bond donors (Lipinski definition) is 1. The third-order valence-electron chi connectivity index (χ3n) is 2.39. The van der Waals surface area contributed by atoms with Crippen molar-refractivity contribution in [1.29, 1.82) is 0 Å². The standard InChI is InChI=1S/C12H14BrN3O/c1-3-5-8-10(13)12(14-2)16-11(15-8)9-6-4-7-17-9/h4,6-7H,3,5H2,1-2H3,(H,14,15,16). The Bertz CT molecular complexity index is 497. The van der Waals surface area contributed by atoms with Gasteiger partial charge in [-0.25, -0.2) is 9.97 Å². The molecule has 0 bridgehead atoms. The number of rotatable bonds is 4. The third kappa shape index (κ3) is 2.49. The Morgan fingerprint density at radius 1 is 1.41 bits per heavy atom. The SMILES string of the molecule is CCCc1nc(-c2ccco2)nc(NC)c1Br. The quantitative estimate of drug-likeness (QED) is 0.938. The van der Waals surface area contributed by atoms with Crippen LogP contribution in [-0.2, 0) is 6.42 Å². The molecule has 0 saturated carbocycles. The second-order valence-corrected chi connectivity index (χ2v) is 4.43. The maximum absolute atomic E-state index is 5.32. The monoisotopic (exact) mass is 295 g/mol. The summed E-state index contributed by atoms with van der Waals surface area (Å²) in [6.07, 6.45) is 3.57. The number of halogens is 1. The van der Waals surface area contributed by atoms with E-state index in [1.54, 1.807) is 6.26 Å². The van der Waals surface area contributed by atoms with Gasteiger partial charge in [0.1, 0.15) is 5.82 Å². The maximum atomic E-state index is 5.32. The van der Waals surface area contributed by atoms with Gasteiger partial charge in [0, 0.05) is 7.05 Å². The summed E-state index contributed by atoms with van der Waals surface area (Å²) in [5, 5.41) is 3.06. The van der Waals surface area contributed by atoms with Crippen molar-refractivity contribution in [2.24, 2.45) is 0 Å². The van der Waals surface area contributed by atoms with Crippen molar-refractivity contribution in [3.8, 4) is 11.6 Å². The summed E-state index contributed by atoms with van der Waals surface area (Å²) < 4.78 is 6.25. The smallest absolute Gasteiger partial charge is 0.197 e. The topological polar surface area (TPSA) is 51.0 Å². The molecule has 90 valence electrons. The molecule has 0 radical (unpaired) electrons. The fourth-order valence-corrected chi connectivity index (χ4v) is 2.15. The van der Waals surface area contributed by atoms with Crippen LogP contribution in [0.25, 0.3) is 11.6 Å². The van der Waals surface area contributed by atoms with Crippen LogP contribution < -0.4 is 5.32 Å². The van der Waals surface area contributed by atoms with Crippen LogP contribution in [0.3, 0.4) is 0 Å². The molecule has 0 unspecified atom stereocenters. The Morgan fingerprint density at radius 3 is 2.82 bits per heavy atom. The number of nitrogens with zero attached hydrogens (tertiary/aromatic N) is 2. The molecule has 0 aliphatic rings. The first kappa shape index (κ1) is 12.1. The maximum Gasteiger partial charge on any atom is 0.197 e. The van der Waals surface area contributed by atoms with E-state index < -0.39 is 0 Å². The fraction of sp³-hybridized carbons (Fsp3) is 0.333. The number of anilines is 1. The fourth-order valence-electron chi connectivity index (χ4n) is 1.58. The van der Waals surface area contributed by atoms with E-state index in [0.29, 0.717) is 11.6 Å². The van der Waals surface area contributed by atoms with Crippen LogP contribution in [0.1, 0.15) is 19.0 Å². The molecule has 2 aromatic heterocycles. The van der Waals surface area contributed by atoms with Crippen molar-refractivity contribution >= 4 is 21.7 Å². The lowest BCUT2D eigenvalue weighted by molar-refractivity contribution is 0.576. The van der Waals surface area contributed by atoms with Gasteiger partial charge in [-0.05, 0) is 34.5 Å². The molecular formula is C12H14BrN3O. The second kappa shape index (κ2) is 5.31. The molecular weight excluding hydrogens is 282 g/mol. The van der Waals surface area contributed by atoms with Crippen LogP contribution in [0.2, 0.25) is 0 Å². The summed E-state index contributed by atoms with van der Waals surface area (Å²) in [5.74, 6) is 2.09. The van der Waals surface area contributed by atoms with Gasteiger partial charge >= 0.3 is 0 Å². The van der Waals surface area contributed by atoms with Gasteiger partial charge in [-0.1, -0.05) is 13.3 Å². The lowest BCUT2D eigenvalue weighted by atomic mass is 10.2. The van der Waals surface area contributed by atoms with E-state index in [1.807, 2.05) is 19.2 Å². The Kier molecular flexibility index (Phi) is 3.78. The zero-order chi connectivity index (χ0) is 12.3. The molecule has 2 aromatic rings. The van der Waals surface area contributed by atoms with Gasteiger partial charge < -0.3 is 9.73 Å². The molecule has 0 aliphatic carbocycles. The molecule has 0 fully saturated rings. The summed E-state index contributed by atoms with van der Waals surface area (Å²) in [5.41, 5.74) is 0.998. The molecule has 0 spiro atoms.